The van der Waals surface area contributed by atoms with Crippen molar-refractivity contribution in [3.8, 4) is 12.1 Å². The maximum absolute atomic E-state index is 8.00. The lowest BCUT2D eigenvalue weighted by Gasteiger charge is -1.68. The van der Waals surface area contributed by atoms with Gasteiger partial charge in [0, 0.05) is 11.6 Å². The molecule has 0 fully saturated rings. The Hall–Kier alpha value is -1.28. The Morgan fingerprint density at radius 1 is 1.57 bits per heavy atom. The van der Waals surface area contributed by atoms with Gasteiger partial charge in [0.15, 0.2) is 0 Å². The predicted molar refractivity (Wildman–Crippen MR) is 25.0 cm³/mol. The molecule has 7 heavy (non-hydrogen) atoms. The topological polar surface area (TPSA) is 47.6 Å². The Morgan fingerprint density at radius 3 is 2.29 bits per heavy atom. The van der Waals surface area contributed by atoms with Crippen LogP contribution in [0.15, 0.2) is 11.6 Å². The first-order valence-corrected chi connectivity index (χ1v) is 1.77. The fourth-order valence-electron chi connectivity index (χ4n) is 0.129. The molecule has 2 nitrogen and oxygen atoms in total. The first kappa shape index (κ1) is 5.72. The smallest absolute Gasteiger partial charge is 0.0951 e. The minimum Gasteiger partial charge on any atom is -0.193 e. The third-order valence-electron chi connectivity index (χ3n) is 0.457. The zero-order valence-electron chi connectivity index (χ0n) is 3.97. The number of rotatable bonds is 0. The molecule has 0 spiro atoms. The summed E-state index contributed by atoms with van der Waals surface area (Å²) in [5.41, 5.74) is 0.447. The molecule has 34 valence electrons. The molecule has 0 bridgehead atoms. The Labute approximate surface area is 42.3 Å². The Morgan fingerprint density at radius 2 is 2.14 bits per heavy atom. The second-order valence-corrected chi connectivity index (χ2v) is 1.07. The summed E-state index contributed by atoms with van der Waals surface area (Å²) in [6.07, 6.45) is 1.21. The Balaban J connectivity index is 3.89. The molecule has 0 saturated carbocycles. The average Bonchev–Trinajstić information content (AvgIpc) is 1.68. The number of hydrogen-bond donors (Lipinski definition) is 0. The van der Waals surface area contributed by atoms with Gasteiger partial charge in [0.1, 0.15) is 0 Å². The van der Waals surface area contributed by atoms with Crippen molar-refractivity contribution in [2.24, 2.45) is 0 Å². The zero-order valence-corrected chi connectivity index (χ0v) is 3.97. The van der Waals surface area contributed by atoms with Crippen LogP contribution in [-0.4, -0.2) is 0 Å². The summed E-state index contributed by atoms with van der Waals surface area (Å²) in [6.45, 7) is 1.59. The highest BCUT2D eigenvalue weighted by Gasteiger charge is 1.75. The van der Waals surface area contributed by atoms with E-state index in [1.165, 1.54) is 6.08 Å². The third kappa shape index (κ3) is 2.52. The molecule has 0 unspecified atom stereocenters. The summed E-state index contributed by atoms with van der Waals surface area (Å²) < 4.78 is 0. The van der Waals surface area contributed by atoms with Crippen LogP contribution in [0, 0.1) is 22.7 Å². The number of nitriles is 2. The van der Waals surface area contributed by atoms with E-state index in [-0.39, 0.29) is 0 Å². The van der Waals surface area contributed by atoms with Gasteiger partial charge in [-0.3, -0.25) is 0 Å². The van der Waals surface area contributed by atoms with Gasteiger partial charge in [-0.05, 0) is 6.92 Å². The summed E-state index contributed by atoms with van der Waals surface area (Å²) >= 11 is 0. The normalized spacial score (nSPS) is 9.29. The predicted octanol–water partition coefficient (Wildman–Crippen LogP) is 0.980. The van der Waals surface area contributed by atoms with Gasteiger partial charge in [0.25, 0.3) is 0 Å². The van der Waals surface area contributed by atoms with Crippen molar-refractivity contribution in [1.82, 2.24) is 0 Å². The molecule has 0 atom stereocenters. The molecular formula is C5H4N2. The monoisotopic (exact) mass is 92.0 g/mol. The lowest BCUT2D eigenvalue weighted by atomic mass is 10.3. The molecule has 0 aromatic heterocycles. The number of hydrogen-bond acceptors (Lipinski definition) is 2. The first-order valence-electron chi connectivity index (χ1n) is 1.77. The van der Waals surface area contributed by atoms with Gasteiger partial charge in [-0.1, -0.05) is 0 Å². The molecule has 0 heterocycles. The van der Waals surface area contributed by atoms with Gasteiger partial charge in [-0.2, -0.15) is 10.5 Å². The molecule has 0 aromatic rings. The largest absolute Gasteiger partial charge is 0.193 e. The van der Waals surface area contributed by atoms with Crippen LogP contribution in [0.4, 0.5) is 0 Å². The standard InChI is InChI=1S/C5H4N2/c1-5(4-7)2-3-6/h2H,1H3/b5-2+. The molecule has 0 saturated heterocycles. The van der Waals surface area contributed by atoms with Crippen LogP contribution >= 0.6 is 0 Å². The van der Waals surface area contributed by atoms with E-state index in [4.69, 9.17) is 10.5 Å². The summed E-state index contributed by atoms with van der Waals surface area (Å²) in [7, 11) is 0. The van der Waals surface area contributed by atoms with Crippen LogP contribution in [0.2, 0.25) is 0 Å². The summed E-state index contributed by atoms with van der Waals surface area (Å²) in [6, 6.07) is 3.54. The molecule has 0 amide bonds. The molecule has 0 radical (unpaired) electrons. The van der Waals surface area contributed by atoms with E-state index in [1.807, 2.05) is 0 Å². The van der Waals surface area contributed by atoms with Crippen molar-refractivity contribution in [3.63, 3.8) is 0 Å². The minimum atomic E-state index is 0.447. The number of allylic oxidation sites excluding steroid dienone is 2. The zero-order chi connectivity index (χ0) is 5.70. The van der Waals surface area contributed by atoms with Crippen LogP contribution in [0.1, 0.15) is 6.92 Å². The van der Waals surface area contributed by atoms with Crippen molar-refractivity contribution < 1.29 is 0 Å². The van der Waals surface area contributed by atoms with Crippen molar-refractivity contribution in [3.05, 3.63) is 11.6 Å². The Kier molecular flexibility index (Phi) is 2.40. The number of nitrogens with zero attached hydrogens (tertiary/aromatic N) is 2. The van der Waals surface area contributed by atoms with Crippen LogP contribution in [0.25, 0.3) is 0 Å². The fourth-order valence-corrected chi connectivity index (χ4v) is 0.129. The molecule has 0 N–H and O–H groups in total. The average molecular weight is 92.1 g/mol. The lowest BCUT2D eigenvalue weighted by molar-refractivity contribution is 1.43. The van der Waals surface area contributed by atoms with Gasteiger partial charge in [-0.15, -0.1) is 0 Å². The van der Waals surface area contributed by atoms with Crippen LogP contribution in [-0.2, 0) is 0 Å². The summed E-state index contributed by atoms with van der Waals surface area (Å²) in [5, 5.41) is 15.9. The van der Waals surface area contributed by atoms with Gasteiger partial charge >= 0.3 is 0 Å². The second kappa shape index (κ2) is 2.93. The molecule has 0 aliphatic rings. The van der Waals surface area contributed by atoms with Gasteiger partial charge in [-0.25, -0.2) is 0 Å². The molecule has 0 aromatic carbocycles. The lowest BCUT2D eigenvalue weighted by Crippen LogP contribution is -1.61. The van der Waals surface area contributed by atoms with Crippen LogP contribution in [0.3, 0.4) is 0 Å². The Bertz CT molecular complexity index is 154. The summed E-state index contributed by atoms with van der Waals surface area (Å²) in [5.74, 6) is 0. The SMILES string of the molecule is C/C(C#N)=C\C#N. The quantitative estimate of drug-likeness (QED) is 0.418. The highest BCUT2D eigenvalue weighted by atomic mass is 14.2. The van der Waals surface area contributed by atoms with Crippen LogP contribution in [0.5, 0.6) is 0 Å². The molecular weight excluding hydrogens is 88.1 g/mol. The van der Waals surface area contributed by atoms with E-state index < -0.39 is 0 Å². The highest BCUT2D eigenvalue weighted by molar-refractivity contribution is 5.23. The van der Waals surface area contributed by atoms with Crippen molar-refractivity contribution in [1.29, 1.82) is 10.5 Å². The molecule has 0 aliphatic carbocycles. The minimum absolute atomic E-state index is 0.447. The van der Waals surface area contributed by atoms with E-state index in [1.54, 1.807) is 19.1 Å². The maximum atomic E-state index is 8.00. The first-order chi connectivity index (χ1) is 3.31. The second-order valence-electron chi connectivity index (χ2n) is 1.07. The van der Waals surface area contributed by atoms with Gasteiger partial charge in [0.2, 0.25) is 0 Å². The van der Waals surface area contributed by atoms with Crippen molar-refractivity contribution in [2.45, 2.75) is 6.92 Å². The molecule has 0 rings (SSSR count). The van der Waals surface area contributed by atoms with Gasteiger partial charge in [0.05, 0.1) is 12.1 Å². The highest BCUT2D eigenvalue weighted by Crippen LogP contribution is 1.83. The van der Waals surface area contributed by atoms with E-state index in [2.05, 4.69) is 0 Å². The van der Waals surface area contributed by atoms with E-state index in [9.17, 15) is 0 Å². The van der Waals surface area contributed by atoms with Crippen LogP contribution < -0.4 is 0 Å². The van der Waals surface area contributed by atoms with Gasteiger partial charge < -0.3 is 0 Å². The molecule has 2 heteroatoms. The van der Waals surface area contributed by atoms with Crippen molar-refractivity contribution in [2.75, 3.05) is 0 Å². The fraction of sp³-hybridized carbons (Fsp3) is 0.200. The van der Waals surface area contributed by atoms with E-state index in [0.29, 0.717) is 5.57 Å². The summed E-state index contributed by atoms with van der Waals surface area (Å²) in [4.78, 5) is 0. The molecule has 0 aliphatic heterocycles. The van der Waals surface area contributed by atoms with E-state index in [0.717, 1.165) is 0 Å². The third-order valence-corrected chi connectivity index (χ3v) is 0.457. The van der Waals surface area contributed by atoms with E-state index >= 15 is 0 Å². The maximum Gasteiger partial charge on any atom is 0.0951 e. The van der Waals surface area contributed by atoms with Crippen molar-refractivity contribution >= 4 is 0 Å².